The van der Waals surface area contributed by atoms with Gasteiger partial charge in [0.1, 0.15) is 0 Å². The fraction of sp³-hybridized carbons (Fsp3) is 0.529. The molecule has 0 bridgehead atoms. The van der Waals surface area contributed by atoms with Crippen molar-refractivity contribution in [3.63, 3.8) is 0 Å². The van der Waals surface area contributed by atoms with Gasteiger partial charge in [0.2, 0.25) is 5.91 Å². The lowest BCUT2D eigenvalue weighted by Gasteiger charge is -2.27. The van der Waals surface area contributed by atoms with E-state index < -0.39 is 0 Å². The number of nitriles is 1. The number of nitrogens with one attached hydrogen (secondary N) is 1. The molecule has 1 N–H and O–H groups in total. The number of benzene rings is 1. The fourth-order valence-corrected chi connectivity index (χ4v) is 2.53. The summed E-state index contributed by atoms with van der Waals surface area (Å²) >= 11 is 0. The highest BCUT2D eigenvalue weighted by Gasteiger charge is 2.16. The Morgan fingerprint density at radius 3 is 2.82 bits per heavy atom. The van der Waals surface area contributed by atoms with E-state index in [0.717, 1.165) is 31.7 Å². The lowest BCUT2D eigenvalue weighted by atomic mass is 10.1. The van der Waals surface area contributed by atoms with Crippen LogP contribution in [0.4, 0.5) is 5.69 Å². The van der Waals surface area contributed by atoms with Gasteiger partial charge in [-0.25, -0.2) is 0 Å². The van der Waals surface area contributed by atoms with Crippen LogP contribution in [0.15, 0.2) is 24.3 Å². The number of carbonyl (C=O) groups excluding carboxylic acids is 1. The van der Waals surface area contributed by atoms with Gasteiger partial charge >= 0.3 is 0 Å². The molecule has 0 spiro atoms. The Morgan fingerprint density at radius 2 is 2.18 bits per heavy atom. The minimum atomic E-state index is -0.0129. The monoisotopic (exact) mass is 301 g/mol. The number of rotatable bonds is 6. The van der Waals surface area contributed by atoms with Crippen molar-refractivity contribution in [2.45, 2.75) is 31.8 Å². The predicted octanol–water partition coefficient (Wildman–Crippen LogP) is 2.39. The van der Waals surface area contributed by atoms with Gasteiger partial charge in [0.25, 0.3) is 0 Å². The first-order valence-corrected chi connectivity index (χ1v) is 7.77. The molecule has 2 rings (SSSR count). The molecule has 1 aromatic rings. The molecule has 0 aliphatic carbocycles. The van der Waals surface area contributed by atoms with E-state index in [9.17, 15) is 4.79 Å². The van der Waals surface area contributed by atoms with E-state index in [1.807, 2.05) is 7.05 Å². The molecule has 1 amide bonds. The second kappa shape index (κ2) is 8.52. The average molecular weight is 301 g/mol. The van der Waals surface area contributed by atoms with Gasteiger partial charge in [-0.15, -0.1) is 0 Å². The van der Waals surface area contributed by atoms with Gasteiger partial charge in [0.05, 0.1) is 17.7 Å². The lowest BCUT2D eigenvalue weighted by molar-refractivity contribution is -0.116. The summed E-state index contributed by atoms with van der Waals surface area (Å²) in [6, 6.07) is 8.94. The van der Waals surface area contributed by atoms with Crippen molar-refractivity contribution in [2.75, 3.05) is 32.1 Å². The molecule has 22 heavy (non-hydrogen) atoms. The van der Waals surface area contributed by atoms with Gasteiger partial charge in [-0.05, 0) is 50.6 Å². The van der Waals surface area contributed by atoms with Gasteiger partial charge in [0.15, 0.2) is 0 Å². The molecule has 0 aromatic heterocycles. The molecular formula is C17H23N3O2. The first kappa shape index (κ1) is 16.5. The zero-order valence-corrected chi connectivity index (χ0v) is 13.0. The largest absolute Gasteiger partial charge is 0.377 e. The van der Waals surface area contributed by atoms with E-state index in [2.05, 4.69) is 16.3 Å². The molecule has 1 aliphatic rings. The predicted molar refractivity (Wildman–Crippen MR) is 85.5 cm³/mol. The molecule has 0 unspecified atom stereocenters. The molecule has 1 atom stereocenters. The highest BCUT2D eigenvalue weighted by atomic mass is 16.5. The molecule has 1 heterocycles. The van der Waals surface area contributed by atoms with E-state index in [0.29, 0.717) is 24.6 Å². The standard InChI is InChI=1S/C17H23N3O2/c1-20(13-16-4-2-3-11-22-16)10-9-17(21)19-15-7-5-14(12-18)6-8-15/h5-8,16H,2-4,9-11,13H2,1H3,(H,19,21)/t16-/m1/s1. The summed E-state index contributed by atoms with van der Waals surface area (Å²) in [4.78, 5) is 14.1. The number of ether oxygens (including phenoxy) is 1. The number of hydrogen-bond donors (Lipinski definition) is 1. The summed E-state index contributed by atoms with van der Waals surface area (Å²) in [6.07, 6.45) is 4.26. The molecule has 5 heteroatoms. The van der Waals surface area contributed by atoms with Gasteiger partial charge in [-0.1, -0.05) is 0 Å². The Balaban J connectivity index is 1.68. The van der Waals surface area contributed by atoms with Gasteiger partial charge in [-0.2, -0.15) is 5.26 Å². The van der Waals surface area contributed by atoms with Crippen molar-refractivity contribution in [1.82, 2.24) is 4.90 Å². The van der Waals surface area contributed by atoms with Crippen LogP contribution >= 0.6 is 0 Å². The SMILES string of the molecule is CN(CCC(=O)Nc1ccc(C#N)cc1)C[C@H]1CCCCO1. The van der Waals surface area contributed by atoms with Gasteiger partial charge in [-0.3, -0.25) is 4.79 Å². The van der Waals surface area contributed by atoms with Crippen LogP contribution in [0.3, 0.4) is 0 Å². The summed E-state index contributed by atoms with van der Waals surface area (Å²) in [5.41, 5.74) is 1.31. The summed E-state index contributed by atoms with van der Waals surface area (Å²) in [6.45, 7) is 2.45. The topological polar surface area (TPSA) is 65.4 Å². The quantitative estimate of drug-likeness (QED) is 0.876. The molecule has 0 saturated carbocycles. The number of anilines is 1. The van der Waals surface area contributed by atoms with Crippen molar-refractivity contribution in [3.05, 3.63) is 29.8 Å². The molecule has 1 fully saturated rings. The van der Waals surface area contributed by atoms with Crippen LogP contribution in [0.25, 0.3) is 0 Å². The summed E-state index contributed by atoms with van der Waals surface area (Å²) < 4.78 is 5.70. The van der Waals surface area contributed by atoms with Gasteiger partial charge < -0.3 is 15.0 Å². The number of likely N-dealkylation sites (N-methyl/N-ethyl adjacent to an activating group) is 1. The third-order valence-electron chi connectivity index (χ3n) is 3.81. The third-order valence-corrected chi connectivity index (χ3v) is 3.81. The normalized spacial score (nSPS) is 18.0. The zero-order chi connectivity index (χ0) is 15.8. The maximum Gasteiger partial charge on any atom is 0.225 e. The van der Waals surface area contributed by atoms with Crippen molar-refractivity contribution in [2.24, 2.45) is 0 Å². The maximum absolute atomic E-state index is 11.9. The van der Waals surface area contributed by atoms with E-state index in [1.54, 1.807) is 24.3 Å². The van der Waals surface area contributed by atoms with Crippen LogP contribution in [0.1, 0.15) is 31.2 Å². The van der Waals surface area contributed by atoms with E-state index >= 15 is 0 Å². The van der Waals surface area contributed by atoms with Crippen molar-refractivity contribution >= 4 is 11.6 Å². The van der Waals surface area contributed by atoms with E-state index in [-0.39, 0.29) is 5.91 Å². The number of carbonyl (C=O) groups is 1. The fourth-order valence-electron chi connectivity index (χ4n) is 2.53. The Labute approximate surface area is 131 Å². The summed E-state index contributed by atoms with van der Waals surface area (Å²) in [5.74, 6) is -0.0129. The Kier molecular flexibility index (Phi) is 6.38. The van der Waals surface area contributed by atoms with Crippen LogP contribution in [-0.4, -0.2) is 43.7 Å². The first-order chi connectivity index (χ1) is 10.7. The summed E-state index contributed by atoms with van der Waals surface area (Å²) in [7, 11) is 2.02. The van der Waals surface area contributed by atoms with Crippen LogP contribution in [0, 0.1) is 11.3 Å². The van der Waals surface area contributed by atoms with Gasteiger partial charge in [0, 0.05) is 31.8 Å². The molecule has 1 aromatic carbocycles. The van der Waals surface area contributed by atoms with E-state index in [1.165, 1.54) is 6.42 Å². The smallest absolute Gasteiger partial charge is 0.225 e. The molecular weight excluding hydrogens is 278 g/mol. The van der Waals surface area contributed by atoms with E-state index in [4.69, 9.17) is 10.00 Å². The Hall–Kier alpha value is -1.90. The van der Waals surface area contributed by atoms with Crippen molar-refractivity contribution in [3.8, 4) is 6.07 Å². The molecule has 1 aliphatic heterocycles. The summed E-state index contributed by atoms with van der Waals surface area (Å²) in [5, 5.41) is 11.6. The minimum Gasteiger partial charge on any atom is -0.377 e. The van der Waals surface area contributed by atoms with Crippen LogP contribution < -0.4 is 5.32 Å². The first-order valence-electron chi connectivity index (χ1n) is 7.77. The number of hydrogen-bond acceptors (Lipinski definition) is 4. The van der Waals surface area contributed by atoms with Crippen molar-refractivity contribution < 1.29 is 9.53 Å². The molecule has 1 saturated heterocycles. The molecule has 118 valence electrons. The molecule has 0 radical (unpaired) electrons. The van der Waals surface area contributed by atoms with Crippen LogP contribution in [-0.2, 0) is 9.53 Å². The number of amides is 1. The zero-order valence-electron chi connectivity index (χ0n) is 13.0. The number of nitrogens with zero attached hydrogens (tertiary/aromatic N) is 2. The highest BCUT2D eigenvalue weighted by Crippen LogP contribution is 2.13. The second-order valence-electron chi connectivity index (χ2n) is 5.74. The van der Waals surface area contributed by atoms with Crippen LogP contribution in [0.2, 0.25) is 0 Å². The van der Waals surface area contributed by atoms with Crippen molar-refractivity contribution in [1.29, 1.82) is 5.26 Å². The maximum atomic E-state index is 11.9. The van der Waals surface area contributed by atoms with Crippen LogP contribution in [0.5, 0.6) is 0 Å². The molecule has 5 nitrogen and oxygen atoms in total. The Morgan fingerprint density at radius 1 is 1.41 bits per heavy atom. The Bertz CT molecular complexity index is 516. The minimum absolute atomic E-state index is 0.0129. The second-order valence-corrected chi connectivity index (χ2v) is 5.74. The lowest BCUT2D eigenvalue weighted by Crippen LogP contribution is -2.35. The highest BCUT2D eigenvalue weighted by molar-refractivity contribution is 5.90. The third kappa shape index (κ3) is 5.47. The average Bonchev–Trinajstić information content (AvgIpc) is 2.55.